The van der Waals surface area contributed by atoms with Crippen LogP contribution >= 0.6 is 0 Å². The summed E-state index contributed by atoms with van der Waals surface area (Å²) < 4.78 is 12.3. The third-order valence-corrected chi connectivity index (χ3v) is 7.29. The van der Waals surface area contributed by atoms with Gasteiger partial charge in [-0.1, -0.05) is 46.8 Å². The van der Waals surface area contributed by atoms with E-state index in [0.717, 1.165) is 40.9 Å². The van der Waals surface area contributed by atoms with Crippen LogP contribution in [0.5, 0.6) is 5.75 Å². The Balaban J connectivity index is 1.93. The fourth-order valence-corrected chi connectivity index (χ4v) is 4.58. The second kappa shape index (κ2) is 11.0. The zero-order chi connectivity index (χ0) is 27.5. The van der Waals surface area contributed by atoms with Gasteiger partial charge in [0.1, 0.15) is 30.2 Å². The van der Waals surface area contributed by atoms with Crippen molar-refractivity contribution < 1.29 is 29.0 Å². The average molecular weight is 510 g/mol. The van der Waals surface area contributed by atoms with Crippen molar-refractivity contribution in [3.05, 3.63) is 64.9 Å². The second-order valence-corrected chi connectivity index (χ2v) is 10.9. The molecule has 0 aliphatic rings. The summed E-state index contributed by atoms with van der Waals surface area (Å²) in [6.07, 6.45) is 1.03. The standard InChI is InChI=1S/C30H39NO6/c1-8-30(9-2,22-11-13-23(19(3)14-22)36-18-25(32)29(4,5)6)26-16-21-15-20(10-12-24(21)37-26)28(35)31(7)17-27(33)34/h10-16,25,32H,8-9,17-18H2,1-7H3,(H,33,34)/t25-/m1/s1. The monoisotopic (exact) mass is 509 g/mol. The second-order valence-electron chi connectivity index (χ2n) is 10.9. The van der Waals surface area contributed by atoms with Crippen molar-refractivity contribution in [2.45, 2.75) is 65.9 Å². The highest BCUT2D eigenvalue weighted by Crippen LogP contribution is 2.42. The van der Waals surface area contributed by atoms with Gasteiger partial charge in [-0.3, -0.25) is 9.59 Å². The van der Waals surface area contributed by atoms with E-state index in [1.54, 1.807) is 18.2 Å². The molecular formula is C30H39NO6. The van der Waals surface area contributed by atoms with E-state index in [1.165, 1.54) is 11.9 Å². The van der Waals surface area contributed by atoms with Crippen LogP contribution in [0.4, 0.5) is 0 Å². The van der Waals surface area contributed by atoms with Crippen molar-refractivity contribution in [2.24, 2.45) is 5.41 Å². The first-order valence-electron chi connectivity index (χ1n) is 12.8. The van der Waals surface area contributed by atoms with Gasteiger partial charge in [0, 0.05) is 18.0 Å². The zero-order valence-electron chi connectivity index (χ0n) is 22.9. The normalized spacial score (nSPS) is 13.0. The van der Waals surface area contributed by atoms with Crippen molar-refractivity contribution in [1.29, 1.82) is 0 Å². The molecule has 0 saturated heterocycles. The van der Waals surface area contributed by atoms with Gasteiger partial charge in [0.05, 0.1) is 11.5 Å². The van der Waals surface area contributed by atoms with E-state index in [2.05, 4.69) is 26.0 Å². The Morgan fingerprint density at radius 2 is 1.73 bits per heavy atom. The largest absolute Gasteiger partial charge is 0.491 e. The molecule has 0 spiro atoms. The number of furan rings is 1. The number of aliphatic hydroxyl groups excluding tert-OH is 1. The smallest absolute Gasteiger partial charge is 0.323 e. The number of carbonyl (C=O) groups excluding carboxylic acids is 1. The van der Waals surface area contributed by atoms with Gasteiger partial charge in [0.2, 0.25) is 0 Å². The Bertz CT molecular complexity index is 1260. The SMILES string of the molecule is CCC(CC)(c1ccc(OC[C@@H](O)C(C)(C)C)c(C)c1)c1cc2cc(C(=O)N(C)CC(=O)O)ccc2o1. The summed E-state index contributed by atoms with van der Waals surface area (Å²) in [5, 5.41) is 20.1. The minimum absolute atomic E-state index is 0.225. The first-order chi connectivity index (χ1) is 17.3. The number of nitrogens with zero attached hydrogens (tertiary/aromatic N) is 1. The first-order valence-corrected chi connectivity index (χ1v) is 12.8. The Morgan fingerprint density at radius 1 is 1.05 bits per heavy atom. The van der Waals surface area contributed by atoms with Gasteiger partial charge in [-0.05, 0) is 66.6 Å². The van der Waals surface area contributed by atoms with Crippen molar-refractivity contribution in [3.63, 3.8) is 0 Å². The number of likely N-dealkylation sites (N-methyl/N-ethyl adjacent to an activating group) is 1. The quantitative estimate of drug-likeness (QED) is 0.359. The summed E-state index contributed by atoms with van der Waals surface area (Å²) in [4.78, 5) is 24.9. The number of benzene rings is 2. The Labute approximate surface area is 219 Å². The molecule has 1 aromatic heterocycles. The molecule has 0 aliphatic carbocycles. The number of aryl methyl sites for hydroxylation is 1. The Hall–Kier alpha value is -3.32. The van der Waals surface area contributed by atoms with Crippen LogP contribution in [-0.4, -0.2) is 53.3 Å². The van der Waals surface area contributed by atoms with Gasteiger partial charge in [-0.25, -0.2) is 0 Å². The third kappa shape index (κ3) is 5.99. The Kier molecular flexibility index (Phi) is 8.38. The van der Waals surface area contributed by atoms with E-state index in [4.69, 9.17) is 14.3 Å². The molecule has 2 aromatic carbocycles. The van der Waals surface area contributed by atoms with Crippen LogP contribution in [0.1, 0.15) is 74.7 Å². The summed E-state index contributed by atoms with van der Waals surface area (Å²) in [5.74, 6) is 0.140. The lowest BCUT2D eigenvalue weighted by atomic mass is 9.73. The first kappa shape index (κ1) is 28.3. The molecular weight excluding hydrogens is 470 g/mol. The maximum absolute atomic E-state index is 12.7. The fourth-order valence-electron chi connectivity index (χ4n) is 4.58. The number of carbonyl (C=O) groups is 2. The Morgan fingerprint density at radius 3 is 2.30 bits per heavy atom. The summed E-state index contributed by atoms with van der Waals surface area (Å²) in [7, 11) is 1.47. The predicted molar refractivity (Wildman–Crippen MR) is 144 cm³/mol. The van der Waals surface area contributed by atoms with Crippen LogP contribution in [0.15, 0.2) is 46.9 Å². The highest BCUT2D eigenvalue weighted by molar-refractivity contribution is 5.98. The molecule has 1 heterocycles. The topological polar surface area (TPSA) is 100 Å². The van der Waals surface area contributed by atoms with Gasteiger partial charge in [0.25, 0.3) is 5.91 Å². The van der Waals surface area contributed by atoms with Crippen LogP contribution < -0.4 is 4.74 Å². The van der Waals surface area contributed by atoms with Crippen LogP contribution in [0, 0.1) is 12.3 Å². The van der Waals surface area contributed by atoms with Gasteiger partial charge in [-0.2, -0.15) is 0 Å². The maximum Gasteiger partial charge on any atom is 0.323 e. The van der Waals surface area contributed by atoms with Crippen LogP contribution in [0.2, 0.25) is 0 Å². The molecule has 1 amide bonds. The van der Waals surface area contributed by atoms with Gasteiger partial charge in [-0.15, -0.1) is 0 Å². The van der Waals surface area contributed by atoms with E-state index in [1.807, 2.05) is 39.8 Å². The summed E-state index contributed by atoms with van der Waals surface area (Å²) in [6, 6.07) is 13.3. The number of carboxylic acids is 1. The van der Waals surface area contributed by atoms with E-state index in [0.29, 0.717) is 11.1 Å². The fraction of sp³-hybridized carbons (Fsp3) is 0.467. The molecule has 0 aliphatic heterocycles. The molecule has 0 fully saturated rings. The van der Waals surface area contributed by atoms with Crippen molar-refractivity contribution in [1.82, 2.24) is 4.90 Å². The summed E-state index contributed by atoms with van der Waals surface area (Å²) >= 11 is 0. The minimum Gasteiger partial charge on any atom is -0.491 e. The van der Waals surface area contributed by atoms with Gasteiger partial charge >= 0.3 is 5.97 Å². The molecule has 7 nitrogen and oxygen atoms in total. The van der Waals surface area contributed by atoms with Gasteiger partial charge in [0.15, 0.2) is 0 Å². The van der Waals surface area contributed by atoms with E-state index < -0.39 is 12.1 Å². The highest BCUT2D eigenvalue weighted by atomic mass is 16.5. The number of amides is 1. The molecule has 0 unspecified atom stereocenters. The highest BCUT2D eigenvalue weighted by Gasteiger charge is 2.35. The number of fused-ring (bicyclic) bond motifs is 1. The number of carboxylic acid groups (broad SMARTS) is 1. The van der Waals surface area contributed by atoms with E-state index in [9.17, 15) is 14.7 Å². The van der Waals surface area contributed by atoms with Crippen molar-refractivity contribution >= 4 is 22.8 Å². The zero-order valence-corrected chi connectivity index (χ0v) is 22.9. The molecule has 3 rings (SSSR count). The molecule has 0 bridgehead atoms. The van der Waals surface area contributed by atoms with Crippen molar-refractivity contribution in [2.75, 3.05) is 20.2 Å². The number of hydrogen-bond donors (Lipinski definition) is 2. The average Bonchev–Trinajstić information content (AvgIpc) is 3.26. The molecule has 0 saturated carbocycles. The maximum atomic E-state index is 12.7. The molecule has 7 heteroatoms. The van der Waals surface area contributed by atoms with E-state index >= 15 is 0 Å². The molecule has 3 aromatic rings. The lowest BCUT2D eigenvalue weighted by molar-refractivity contribution is -0.137. The predicted octanol–water partition coefficient (Wildman–Crippen LogP) is 5.79. The van der Waals surface area contributed by atoms with Crippen molar-refractivity contribution in [3.8, 4) is 5.75 Å². The third-order valence-electron chi connectivity index (χ3n) is 7.29. The number of aliphatic carboxylic acids is 1. The van der Waals surface area contributed by atoms with Crippen LogP contribution in [0.25, 0.3) is 11.0 Å². The number of rotatable bonds is 10. The summed E-state index contributed by atoms with van der Waals surface area (Å²) in [5.41, 5.74) is 2.54. The molecule has 2 N–H and O–H groups in total. The minimum atomic E-state index is -1.06. The number of hydrogen-bond acceptors (Lipinski definition) is 5. The number of ether oxygens (including phenoxy) is 1. The van der Waals surface area contributed by atoms with Gasteiger partial charge < -0.3 is 24.3 Å². The summed E-state index contributed by atoms with van der Waals surface area (Å²) in [6.45, 7) is 12.1. The van der Waals surface area contributed by atoms with Crippen LogP contribution in [-0.2, 0) is 10.2 Å². The van der Waals surface area contributed by atoms with E-state index in [-0.39, 0.29) is 29.9 Å². The molecule has 37 heavy (non-hydrogen) atoms. The molecule has 0 radical (unpaired) electrons. The molecule has 200 valence electrons. The number of aliphatic hydroxyl groups is 1. The molecule has 1 atom stereocenters. The lowest BCUT2D eigenvalue weighted by Crippen LogP contribution is -2.32. The lowest BCUT2D eigenvalue weighted by Gasteiger charge is -2.31. The van der Waals surface area contributed by atoms with Crippen LogP contribution in [0.3, 0.4) is 0 Å².